The molecule has 5 N–H and O–H groups in total. The number of nitrogens with one attached hydrogen (secondary N) is 4. The van der Waals surface area contributed by atoms with Crippen molar-refractivity contribution in [2.24, 2.45) is 23.7 Å². The maximum Gasteiger partial charge on any atom is 0.408 e. The van der Waals surface area contributed by atoms with Crippen LogP contribution in [0.15, 0.2) is 5.38 Å². The molecule has 1 heterocycles. The summed E-state index contributed by atoms with van der Waals surface area (Å²) in [6, 6.07) is -3.12. The van der Waals surface area contributed by atoms with Crippen LogP contribution in [0.2, 0.25) is 0 Å². The molecule has 1 aliphatic rings. The molecular weight excluding hydrogens is 675 g/mol. The fourth-order valence-corrected chi connectivity index (χ4v) is 7.64. The Morgan fingerprint density at radius 2 is 1.63 bits per heavy atom. The summed E-state index contributed by atoms with van der Waals surface area (Å²) in [4.78, 5) is 57.0. The number of aromatic nitrogens is 1. The van der Waals surface area contributed by atoms with Gasteiger partial charge in [-0.25, -0.2) is 18.2 Å². The third kappa shape index (κ3) is 15.7. The van der Waals surface area contributed by atoms with Crippen molar-refractivity contribution in [2.45, 2.75) is 117 Å². The van der Waals surface area contributed by atoms with Crippen molar-refractivity contribution < 1.29 is 42.2 Å². The minimum absolute atomic E-state index is 0.000214. The first kappa shape index (κ1) is 42.3. The van der Waals surface area contributed by atoms with Crippen molar-refractivity contribution in [2.75, 3.05) is 25.3 Å². The molecule has 1 aromatic heterocycles. The van der Waals surface area contributed by atoms with E-state index in [0.29, 0.717) is 18.0 Å². The maximum absolute atomic E-state index is 13.5. The highest BCUT2D eigenvalue weighted by Gasteiger charge is 2.35. The molecule has 280 valence electrons. The van der Waals surface area contributed by atoms with E-state index in [1.54, 1.807) is 19.2 Å². The second kappa shape index (κ2) is 20.8. The van der Waals surface area contributed by atoms with Gasteiger partial charge in [-0.15, -0.1) is 11.3 Å². The van der Waals surface area contributed by atoms with E-state index in [-0.39, 0.29) is 42.6 Å². The van der Waals surface area contributed by atoms with Crippen LogP contribution in [0.4, 0.5) is 4.79 Å². The zero-order valence-electron chi connectivity index (χ0n) is 30.0. The van der Waals surface area contributed by atoms with Crippen LogP contribution < -0.4 is 21.3 Å². The molecule has 5 atom stereocenters. The molecule has 0 aliphatic heterocycles. The Kier molecular flexibility index (Phi) is 17.9. The van der Waals surface area contributed by atoms with E-state index >= 15 is 0 Å². The summed E-state index contributed by atoms with van der Waals surface area (Å²) >= 11 is 1.29. The van der Waals surface area contributed by atoms with Gasteiger partial charge >= 0.3 is 6.09 Å². The lowest BCUT2D eigenvalue weighted by Gasteiger charge is -2.32. The predicted octanol–water partition coefficient (Wildman–Crippen LogP) is 2.82. The van der Waals surface area contributed by atoms with Crippen molar-refractivity contribution >= 4 is 45.0 Å². The minimum Gasteiger partial charge on any atom is -0.442 e. The van der Waals surface area contributed by atoms with Crippen molar-refractivity contribution in [3.63, 3.8) is 0 Å². The van der Waals surface area contributed by atoms with Gasteiger partial charge in [0.05, 0.1) is 17.9 Å². The monoisotopic (exact) mass is 731 g/mol. The summed E-state index contributed by atoms with van der Waals surface area (Å²) in [6.07, 6.45) is 2.80. The van der Waals surface area contributed by atoms with Crippen LogP contribution in [0, 0.1) is 30.6 Å². The highest BCUT2D eigenvalue weighted by molar-refractivity contribution is 7.91. The highest BCUT2D eigenvalue weighted by Crippen LogP contribution is 2.27. The molecule has 2 rings (SSSR count). The van der Waals surface area contributed by atoms with E-state index in [1.165, 1.54) is 18.4 Å². The molecule has 16 heteroatoms. The average Bonchev–Trinajstić information content (AvgIpc) is 3.45. The Morgan fingerprint density at radius 3 is 2.20 bits per heavy atom. The van der Waals surface area contributed by atoms with Crippen molar-refractivity contribution in [1.82, 2.24) is 26.3 Å². The van der Waals surface area contributed by atoms with Crippen LogP contribution in [0.5, 0.6) is 0 Å². The molecule has 1 aromatic rings. The highest BCUT2D eigenvalue weighted by atomic mass is 32.2. The Hall–Kier alpha value is -2.82. The van der Waals surface area contributed by atoms with Gasteiger partial charge in [-0.2, -0.15) is 0 Å². The molecule has 0 aromatic carbocycles. The summed E-state index contributed by atoms with van der Waals surface area (Å²) in [5.74, 6) is -3.33. The van der Waals surface area contributed by atoms with Crippen LogP contribution in [-0.2, 0) is 40.3 Å². The van der Waals surface area contributed by atoms with E-state index in [4.69, 9.17) is 9.47 Å². The summed E-state index contributed by atoms with van der Waals surface area (Å²) in [5.41, 5.74) is 0.754. The number of rotatable bonds is 20. The van der Waals surface area contributed by atoms with Gasteiger partial charge in [-0.3, -0.25) is 14.4 Å². The lowest BCUT2D eigenvalue weighted by molar-refractivity contribution is -0.133. The lowest BCUT2D eigenvalue weighted by atomic mass is 9.83. The number of methoxy groups -OCH3 is 1. The summed E-state index contributed by atoms with van der Waals surface area (Å²) < 4.78 is 35.2. The van der Waals surface area contributed by atoms with E-state index in [2.05, 4.69) is 26.3 Å². The smallest absolute Gasteiger partial charge is 0.408 e. The van der Waals surface area contributed by atoms with Crippen molar-refractivity contribution in [1.29, 1.82) is 0 Å². The number of hydrogen-bond acceptors (Lipinski definition) is 11. The van der Waals surface area contributed by atoms with Crippen LogP contribution in [0.3, 0.4) is 0 Å². The normalized spacial score (nSPS) is 17.1. The number of carbonyl (C=O) groups excluding carboxylic acids is 4. The van der Waals surface area contributed by atoms with Gasteiger partial charge in [-0.1, -0.05) is 53.9 Å². The van der Waals surface area contributed by atoms with Gasteiger partial charge in [0, 0.05) is 30.6 Å². The van der Waals surface area contributed by atoms with Gasteiger partial charge in [0.25, 0.3) is 0 Å². The van der Waals surface area contributed by atoms with Crippen LogP contribution in [-0.4, -0.2) is 91.9 Å². The molecular formula is C33H57N5O9S2. The zero-order chi connectivity index (χ0) is 36.7. The number of carbonyl (C=O) groups is 4. The van der Waals surface area contributed by atoms with Crippen molar-refractivity contribution in [3.05, 3.63) is 16.1 Å². The van der Waals surface area contributed by atoms with E-state index < -0.39 is 63.7 Å². The number of hydrogen-bond donors (Lipinski definition) is 5. The molecule has 0 spiro atoms. The second-order valence-electron chi connectivity index (χ2n) is 13.9. The Morgan fingerprint density at radius 1 is 0.959 bits per heavy atom. The quantitative estimate of drug-likeness (QED) is 0.133. The number of aliphatic hydroxyl groups is 1. The number of ether oxygens (including phenoxy) is 2. The van der Waals surface area contributed by atoms with Gasteiger partial charge in [0.2, 0.25) is 17.7 Å². The molecule has 0 radical (unpaired) electrons. The zero-order valence-corrected chi connectivity index (χ0v) is 31.6. The SMILES string of the molecule is COCS(=O)(=O)C[C@H](NC(=O)OCc1nc(C)cs1)C(=O)N[C@H](CC(C)C)[C@@H](O)C[C@@H](C)C(=O)N[C@@H](C(=O)NCC(C)C)C1CCCCC1. The predicted molar refractivity (Wildman–Crippen MR) is 187 cm³/mol. The number of amides is 4. The molecule has 1 fully saturated rings. The maximum atomic E-state index is 13.5. The first-order chi connectivity index (χ1) is 23.0. The fourth-order valence-electron chi connectivity index (χ4n) is 5.76. The van der Waals surface area contributed by atoms with Crippen LogP contribution >= 0.6 is 11.3 Å². The van der Waals surface area contributed by atoms with Gasteiger partial charge in [0.1, 0.15) is 29.6 Å². The molecule has 14 nitrogen and oxygen atoms in total. The van der Waals surface area contributed by atoms with E-state index in [0.717, 1.165) is 37.8 Å². The molecule has 4 amide bonds. The fraction of sp³-hybridized carbons (Fsp3) is 0.788. The summed E-state index contributed by atoms with van der Waals surface area (Å²) in [5, 5.41) is 24.6. The van der Waals surface area contributed by atoms with Crippen molar-refractivity contribution in [3.8, 4) is 0 Å². The lowest BCUT2D eigenvalue weighted by Crippen LogP contribution is -2.56. The van der Waals surface area contributed by atoms with E-state index in [1.807, 2.05) is 27.7 Å². The Bertz CT molecular complexity index is 1320. The number of aliphatic hydroxyl groups excluding tert-OH is 1. The number of nitrogens with zero attached hydrogens (tertiary/aromatic N) is 1. The standard InChI is InChI=1S/C33H57N5O9S2/c1-20(2)13-25(27(39)14-22(5)30(40)38-29(24-11-9-8-10-12-24)32(42)34-15-21(3)4)36-31(41)26(18-49(44,45)19-46-7)37-33(43)47-16-28-35-23(6)17-48-28/h17,20-22,24-27,29,39H,8-16,18-19H2,1-7H3,(H,34,42)(H,36,41)(H,37,43)(H,38,40)/t22-,25-,26+,27+,29-/m1/s1. The van der Waals surface area contributed by atoms with Crippen LogP contribution in [0.1, 0.15) is 90.3 Å². The summed E-state index contributed by atoms with van der Waals surface area (Å²) in [6.45, 7) is 11.5. The third-order valence-electron chi connectivity index (χ3n) is 8.27. The number of alkyl carbamates (subject to hydrolysis) is 1. The molecule has 0 saturated heterocycles. The molecule has 0 unspecified atom stereocenters. The third-order valence-corrected chi connectivity index (χ3v) is 10.6. The molecule has 1 aliphatic carbocycles. The molecule has 1 saturated carbocycles. The molecule has 49 heavy (non-hydrogen) atoms. The number of thiazole rings is 1. The number of sulfone groups is 1. The topological polar surface area (TPSA) is 202 Å². The Balaban J connectivity index is 2.15. The minimum atomic E-state index is -3.94. The number of aryl methyl sites for hydroxylation is 1. The second-order valence-corrected chi connectivity index (χ2v) is 16.9. The van der Waals surface area contributed by atoms with Crippen LogP contribution in [0.25, 0.3) is 0 Å². The first-order valence-electron chi connectivity index (χ1n) is 17.1. The largest absolute Gasteiger partial charge is 0.442 e. The van der Waals surface area contributed by atoms with Gasteiger partial charge < -0.3 is 35.8 Å². The first-order valence-corrected chi connectivity index (χ1v) is 19.8. The van der Waals surface area contributed by atoms with E-state index in [9.17, 15) is 32.7 Å². The van der Waals surface area contributed by atoms with Gasteiger partial charge in [0.15, 0.2) is 9.84 Å². The Labute approximate surface area is 295 Å². The average molecular weight is 732 g/mol. The summed E-state index contributed by atoms with van der Waals surface area (Å²) in [7, 11) is -2.74. The molecule has 0 bridgehead atoms. The van der Waals surface area contributed by atoms with Gasteiger partial charge in [-0.05, 0) is 50.4 Å².